The highest BCUT2D eigenvalue weighted by molar-refractivity contribution is 6.98. The first-order valence-electron chi connectivity index (χ1n) is 16.7. The predicted octanol–water partition coefficient (Wildman–Crippen LogP) is 9.31. The van der Waals surface area contributed by atoms with Crippen LogP contribution in [0.2, 0.25) is 13.1 Å². The minimum absolute atomic E-state index is 0.120. The molecule has 45 heavy (non-hydrogen) atoms. The number of ether oxygens (including phenoxy) is 1. The van der Waals surface area contributed by atoms with Gasteiger partial charge in [-0.25, -0.2) is 0 Å². The zero-order chi connectivity index (χ0) is 30.1. The molecule has 0 fully saturated rings. The Kier molecular flexibility index (Phi) is 6.21. The lowest BCUT2D eigenvalue weighted by Crippen LogP contribution is -2.46. The van der Waals surface area contributed by atoms with Gasteiger partial charge < -0.3 is 9.64 Å². The van der Waals surface area contributed by atoms with E-state index in [0.29, 0.717) is 18.0 Å². The fourth-order valence-corrected chi connectivity index (χ4v) is 11.9. The smallest absolute Gasteiger partial charge is 0.131 e. The van der Waals surface area contributed by atoms with Crippen LogP contribution in [0.4, 0.5) is 0 Å². The van der Waals surface area contributed by atoms with Crippen molar-refractivity contribution in [3.63, 3.8) is 0 Å². The van der Waals surface area contributed by atoms with E-state index in [1.54, 1.807) is 10.4 Å². The third-order valence-corrected chi connectivity index (χ3v) is 14.7. The lowest BCUT2D eigenvalue weighted by Gasteiger charge is -2.42. The summed E-state index contributed by atoms with van der Waals surface area (Å²) in [5.74, 6) is 1.47. The van der Waals surface area contributed by atoms with E-state index in [1.165, 1.54) is 44.3 Å². The van der Waals surface area contributed by atoms with Crippen LogP contribution in [0.1, 0.15) is 48.3 Å². The molecule has 0 bridgehead atoms. The van der Waals surface area contributed by atoms with Crippen LogP contribution in [0.25, 0.3) is 21.9 Å². The molecule has 0 amide bonds. The minimum Gasteiger partial charge on any atom is -0.484 e. The van der Waals surface area contributed by atoms with Crippen molar-refractivity contribution < 1.29 is 4.74 Å². The van der Waals surface area contributed by atoms with Crippen molar-refractivity contribution in [2.24, 2.45) is 0 Å². The van der Waals surface area contributed by atoms with Crippen molar-refractivity contribution >= 4 is 35.2 Å². The molecule has 3 heteroatoms. The highest BCUT2D eigenvalue weighted by Crippen LogP contribution is 2.51. The van der Waals surface area contributed by atoms with Gasteiger partial charge in [0, 0.05) is 22.7 Å². The number of hydrogen-bond donors (Lipinski definition) is 0. The van der Waals surface area contributed by atoms with Crippen LogP contribution in [0.5, 0.6) is 5.75 Å². The molecular formula is C42H39NOSi. The molecule has 9 rings (SSSR count). The summed E-state index contributed by atoms with van der Waals surface area (Å²) >= 11 is 0. The van der Waals surface area contributed by atoms with Crippen molar-refractivity contribution in [3.05, 3.63) is 155 Å². The van der Waals surface area contributed by atoms with Gasteiger partial charge in [0.1, 0.15) is 19.9 Å². The summed E-state index contributed by atoms with van der Waals surface area (Å²) in [5.41, 5.74) is 8.19. The first-order valence-corrected chi connectivity index (χ1v) is 19.7. The Hall–Kier alpha value is -4.34. The zero-order valence-corrected chi connectivity index (χ0v) is 27.1. The Morgan fingerprint density at radius 1 is 0.822 bits per heavy atom. The molecule has 2 nitrogen and oxygen atoms in total. The fourth-order valence-electron chi connectivity index (χ4n) is 8.61. The van der Waals surface area contributed by atoms with Crippen LogP contribution in [0.3, 0.4) is 0 Å². The van der Waals surface area contributed by atoms with Crippen molar-refractivity contribution in [3.8, 4) is 5.75 Å². The van der Waals surface area contributed by atoms with Crippen LogP contribution in [-0.2, 0) is 0 Å². The molecule has 0 saturated heterocycles. The molecule has 6 aliphatic rings. The number of allylic oxidation sites excluding steroid dienone is 9. The summed E-state index contributed by atoms with van der Waals surface area (Å²) in [6.45, 7) is 5.12. The second-order valence-electron chi connectivity index (χ2n) is 13.8. The standard InChI is InChI=1S/C42H39NOSi/c1-45(2)39-24-23-36-35-17-8-9-18-38(35)44-42(36)41(39)37-22-21-34(27-40(37)45)43(32-14-4-3-5-15-32)33-16-10-13-30(26-33)31-20-19-28-11-6-7-12-29(28)25-31/h4,6-15,17-26,33-35,38H,3,5,16,27H2,1-2H3. The van der Waals surface area contributed by atoms with E-state index in [4.69, 9.17) is 4.74 Å². The minimum atomic E-state index is -1.87. The number of hydrogen-bond acceptors (Lipinski definition) is 2. The second-order valence-corrected chi connectivity index (χ2v) is 18.2. The summed E-state index contributed by atoms with van der Waals surface area (Å²) in [4.78, 5) is 2.74. The predicted molar refractivity (Wildman–Crippen MR) is 191 cm³/mol. The Labute approximate surface area is 267 Å². The van der Waals surface area contributed by atoms with Crippen LogP contribution < -0.4 is 9.92 Å². The van der Waals surface area contributed by atoms with Gasteiger partial charge in [0.05, 0.1) is 12.1 Å². The molecule has 3 aromatic carbocycles. The van der Waals surface area contributed by atoms with Gasteiger partial charge in [-0.05, 0) is 76.6 Å². The molecule has 3 aromatic rings. The van der Waals surface area contributed by atoms with Crippen molar-refractivity contribution in [2.75, 3.05) is 0 Å². The molecule has 4 unspecified atom stereocenters. The monoisotopic (exact) mass is 601 g/mol. The average molecular weight is 602 g/mol. The quantitative estimate of drug-likeness (QED) is 0.276. The Morgan fingerprint density at radius 2 is 1.71 bits per heavy atom. The molecule has 222 valence electrons. The summed E-state index contributed by atoms with van der Waals surface area (Å²) in [6.07, 6.45) is 32.7. The number of benzene rings is 3. The third kappa shape index (κ3) is 4.28. The average Bonchev–Trinajstić information content (AvgIpc) is 3.57. The number of fused-ring (bicyclic) bond motifs is 7. The van der Waals surface area contributed by atoms with Gasteiger partial charge in [-0.2, -0.15) is 0 Å². The third-order valence-electron chi connectivity index (χ3n) is 10.9. The Balaban J connectivity index is 1.09. The molecule has 0 radical (unpaired) electrons. The van der Waals surface area contributed by atoms with Crippen LogP contribution in [0, 0.1) is 0 Å². The van der Waals surface area contributed by atoms with Crippen LogP contribution in [-0.4, -0.2) is 31.2 Å². The molecule has 2 aliphatic heterocycles. The molecule has 0 aromatic heterocycles. The van der Waals surface area contributed by atoms with Crippen LogP contribution >= 0.6 is 0 Å². The molecule has 4 atom stereocenters. The molecule has 0 N–H and O–H groups in total. The van der Waals surface area contributed by atoms with Gasteiger partial charge in [-0.3, -0.25) is 0 Å². The molecule has 0 saturated carbocycles. The lowest BCUT2D eigenvalue weighted by molar-refractivity contribution is 0.251. The number of rotatable bonds is 4. The topological polar surface area (TPSA) is 12.5 Å². The molecule has 2 heterocycles. The van der Waals surface area contributed by atoms with E-state index < -0.39 is 8.07 Å². The summed E-state index contributed by atoms with van der Waals surface area (Å²) < 4.78 is 6.71. The molecule has 4 aliphatic carbocycles. The van der Waals surface area contributed by atoms with Gasteiger partial charge in [0.25, 0.3) is 0 Å². The second kappa shape index (κ2) is 10.4. The van der Waals surface area contributed by atoms with Gasteiger partial charge in [-0.15, -0.1) is 0 Å². The SMILES string of the molecule is C[Si]1(C)C2=C(C=CC(N(C3=CCCC=C3)C3C=C(c4ccc5ccccc5c4)C=CC3)C2)c2c1ccc1c2OC2C=CC=CC12. The largest absolute Gasteiger partial charge is 0.484 e. The van der Waals surface area contributed by atoms with Crippen molar-refractivity contribution in [1.29, 1.82) is 0 Å². The maximum Gasteiger partial charge on any atom is 0.131 e. The van der Waals surface area contributed by atoms with Crippen molar-refractivity contribution in [2.45, 2.75) is 62.9 Å². The van der Waals surface area contributed by atoms with Gasteiger partial charge >= 0.3 is 0 Å². The Bertz CT molecular complexity index is 2000. The van der Waals surface area contributed by atoms with E-state index in [-0.39, 0.29) is 6.10 Å². The Morgan fingerprint density at radius 3 is 2.60 bits per heavy atom. The maximum atomic E-state index is 6.71. The summed E-state index contributed by atoms with van der Waals surface area (Å²) in [6, 6.07) is 21.0. The summed E-state index contributed by atoms with van der Waals surface area (Å²) in [7, 11) is -1.87. The van der Waals surface area contributed by atoms with Crippen molar-refractivity contribution in [1.82, 2.24) is 4.90 Å². The van der Waals surface area contributed by atoms with Gasteiger partial charge in [-0.1, -0.05) is 128 Å². The van der Waals surface area contributed by atoms with E-state index in [9.17, 15) is 0 Å². The fraction of sp³-hybridized carbons (Fsp3) is 0.238. The maximum absolute atomic E-state index is 6.71. The number of nitrogens with zero attached hydrogens (tertiary/aromatic N) is 1. The van der Waals surface area contributed by atoms with Crippen LogP contribution in [0.15, 0.2) is 138 Å². The van der Waals surface area contributed by atoms with Gasteiger partial charge in [0.2, 0.25) is 0 Å². The van der Waals surface area contributed by atoms with E-state index in [0.717, 1.165) is 31.4 Å². The first-order chi connectivity index (χ1) is 22.1. The molecule has 0 spiro atoms. The van der Waals surface area contributed by atoms with Gasteiger partial charge in [0.15, 0.2) is 0 Å². The highest BCUT2D eigenvalue weighted by Gasteiger charge is 2.46. The lowest BCUT2D eigenvalue weighted by atomic mass is 9.88. The van der Waals surface area contributed by atoms with E-state index in [2.05, 4.69) is 146 Å². The summed E-state index contributed by atoms with van der Waals surface area (Å²) in [5, 5.41) is 5.82. The first kappa shape index (κ1) is 27.0. The molecular weight excluding hydrogens is 563 g/mol. The van der Waals surface area contributed by atoms with E-state index >= 15 is 0 Å². The van der Waals surface area contributed by atoms with E-state index in [1.807, 2.05) is 0 Å². The normalized spacial score (nSPS) is 26.6. The zero-order valence-electron chi connectivity index (χ0n) is 26.1. The highest BCUT2D eigenvalue weighted by atomic mass is 28.3.